The number of hydrogen-bond acceptors (Lipinski definition) is 2. The van der Waals surface area contributed by atoms with Crippen molar-refractivity contribution in [2.24, 2.45) is 5.92 Å². The highest BCUT2D eigenvalue weighted by molar-refractivity contribution is 6.31. The molecule has 0 unspecified atom stereocenters. The van der Waals surface area contributed by atoms with Crippen molar-refractivity contribution in [3.63, 3.8) is 0 Å². The summed E-state index contributed by atoms with van der Waals surface area (Å²) in [5.74, 6) is 1.03. The largest absolute Gasteiger partial charge is 0.311 e. The van der Waals surface area contributed by atoms with Crippen molar-refractivity contribution in [1.29, 1.82) is 0 Å². The molecule has 0 radical (unpaired) electrons. The summed E-state index contributed by atoms with van der Waals surface area (Å²) in [7, 11) is 0. The van der Waals surface area contributed by atoms with Crippen LogP contribution in [-0.2, 0) is 13.1 Å². The van der Waals surface area contributed by atoms with Crippen LogP contribution in [0.2, 0.25) is 5.02 Å². The van der Waals surface area contributed by atoms with Gasteiger partial charge in [0.2, 0.25) is 0 Å². The van der Waals surface area contributed by atoms with E-state index < -0.39 is 0 Å². The predicted molar refractivity (Wildman–Crippen MR) is 71.3 cm³/mol. The van der Waals surface area contributed by atoms with Crippen LogP contribution in [0.25, 0.3) is 0 Å². The SMILES string of the molecule is CCn1nc(C)c(Cl)c1CNCCCC1CC1. The van der Waals surface area contributed by atoms with E-state index in [4.69, 9.17) is 11.6 Å². The highest BCUT2D eigenvalue weighted by Gasteiger charge is 2.20. The second-order valence-corrected chi connectivity index (χ2v) is 5.30. The van der Waals surface area contributed by atoms with Crippen LogP contribution < -0.4 is 5.32 Å². The molecular formula is C13H22ClN3. The van der Waals surface area contributed by atoms with E-state index in [1.54, 1.807) is 0 Å². The van der Waals surface area contributed by atoms with Crippen molar-refractivity contribution in [2.75, 3.05) is 6.54 Å². The maximum Gasteiger partial charge on any atom is 0.0860 e. The van der Waals surface area contributed by atoms with Gasteiger partial charge in [0.15, 0.2) is 0 Å². The first-order valence-electron chi connectivity index (χ1n) is 6.64. The van der Waals surface area contributed by atoms with E-state index in [0.717, 1.165) is 42.0 Å². The van der Waals surface area contributed by atoms with Crippen LogP contribution in [0.15, 0.2) is 0 Å². The molecule has 0 amide bonds. The van der Waals surface area contributed by atoms with Crippen LogP contribution in [0.5, 0.6) is 0 Å². The molecule has 0 bridgehead atoms. The molecule has 1 aliphatic carbocycles. The van der Waals surface area contributed by atoms with Crippen molar-refractivity contribution in [3.8, 4) is 0 Å². The van der Waals surface area contributed by atoms with Crippen LogP contribution in [0, 0.1) is 12.8 Å². The van der Waals surface area contributed by atoms with Crippen LogP contribution in [0.1, 0.15) is 44.0 Å². The lowest BCUT2D eigenvalue weighted by atomic mass is 10.2. The lowest BCUT2D eigenvalue weighted by Gasteiger charge is -2.07. The van der Waals surface area contributed by atoms with E-state index in [1.165, 1.54) is 25.7 Å². The molecule has 17 heavy (non-hydrogen) atoms. The van der Waals surface area contributed by atoms with Gasteiger partial charge in [0.1, 0.15) is 0 Å². The van der Waals surface area contributed by atoms with Gasteiger partial charge in [-0.15, -0.1) is 0 Å². The van der Waals surface area contributed by atoms with Crippen molar-refractivity contribution in [1.82, 2.24) is 15.1 Å². The quantitative estimate of drug-likeness (QED) is 0.759. The van der Waals surface area contributed by atoms with Crippen LogP contribution in [0.4, 0.5) is 0 Å². The lowest BCUT2D eigenvalue weighted by Crippen LogP contribution is -2.18. The molecule has 96 valence electrons. The number of aryl methyl sites for hydroxylation is 2. The molecule has 0 spiro atoms. The molecule has 0 aliphatic heterocycles. The van der Waals surface area contributed by atoms with E-state index in [2.05, 4.69) is 17.3 Å². The molecule has 0 aromatic carbocycles. The number of hydrogen-bond donors (Lipinski definition) is 1. The number of halogens is 1. The Morgan fingerprint density at radius 3 is 2.88 bits per heavy atom. The number of aromatic nitrogens is 2. The van der Waals surface area contributed by atoms with Gasteiger partial charge in [-0.2, -0.15) is 5.10 Å². The summed E-state index contributed by atoms with van der Waals surface area (Å²) in [5.41, 5.74) is 2.06. The number of rotatable bonds is 7. The smallest absolute Gasteiger partial charge is 0.0860 e. The molecular weight excluding hydrogens is 234 g/mol. The third kappa shape index (κ3) is 3.46. The van der Waals surface area contributed by atoms with Gasteiger partial charge in [-0.3, -0.25) is 4.68 Å². The minimum Gasteiger partial charge on any atom is -0.311 e. The van der Waals surface area contributed by atoms with Gasteiger partial charge >= 0.3 is 0 Å². The normalized spacial score (nSPS) is 15.5. The molecule has 1 aliphatic rings. The van der Waals surface area contributed by atoms with Crippen molar-refractivity contribution < 1.29 is 0 Å². The topological polar surface area (TPSA) is 29.9 Å². The highest BCUT2D eigenvalue weighted by Crippen LogP contribution is 2.33. The minimum atomic E-state index is 0.821. The zero-order chi connectivity index (χ0) is 12.3. The Bertz CT molecular complexity index is 369. The molecule has 2 rings (SSSR count). The van der Waals surface area contributed by atoms with E-state index in [0.29, 0.717) is 0 Å². The van der Waals surface area contributed by atoms with Gasteiger partial charge < -0.3 is 5.32 Å². The summed E-state index contributed by atoms with van der Waals surface area (Å²) < 4.78 is 1.99. The zero-order valence-corrected chi connectivity index (χ0v) is 11.6. The standard InChI is InChI=1S/C13H22ClN3/c1-3-17-12(13(14)10(2)16-17)9-15-8-4-5-11-6-7-11/h11,15H,3-9H2,1-2H3. The Morgan fingerprint density at radius 1 is 1.47 bits per heavy atom. The van der Waals surface area contributed by atoms with Gasteiger partial charge in [-0.05, 0) is 39.2 Å². The predicted octanol–water partition coefficient (Wildman–Crippen LogP) is 3.14. The van der Waals surface area contributed by atoms with Gasteiger partial charge in [0.25, 0.3) is 0 Å². The van der Waals surface area contributed by atoms with Gasteiger partial charge in [0.05, 0.1) is 16.4 Å². The van der Waals surface area contributed by atoms with Gasteiger partial charge in [-0.1, -0.05) is 24.4 Å². The maximum absolute atomic E-state index is 6.24. The minimum absolute atomic E-state index is 0.821. The summed E-state index contributed by atoms with van der Waals surface area (Å²) >= 11 is 6.24. The van der Waals surface area contributed by atoms with E-state index in [1.807, 2.05) is 11.6 Å². The first kappa shape index (κ1) is 12.9. The second kappa shape index (κ2) is 5.87. The molecule has 1 aromatic rings. The Balaban J connectivity index is 1.76. The molecule has 0 saturated heterocycles. The summed E-state index contributed by atoms with van der Waals surface area (Å²) in [6, 6.07) is 0. The Hall–Kier alpha value is -0.540. The third-order valence-electron chi connectivity index (χ3n) is 3.41. The first-order chi connectivity index (χ1) is 8.22. The van der Waals surface area contributed by atoms with Gasteiger partial charge in [-0.25, -0.2) is 0 Å². The average Bonchev–Trinajstić information content (AvgIpc) is 3.10. The first-order valence-corrected chi connectivity index (χ1v) is 7.02. The fourth-order valence-electron chi connectivity index (χ4n) is 2.17. The highest BCUT2D eigenvalue weighted by atomic mass is 35.5. The zero-order valence-electron chi connectivity index (χ0n) is 10.8. The fraction of sp³-hybridized carbons (Fsp3) is 0.769. The molecule has 1 heterocycles. The second-order valence-electron chi connectivity index (χ2n) is 4.92. The average molecular weight is 256 g/mol. The van der Waals surface area contributed by atoms with Crippen molar-refractivity contribution in [2.45, 2.75) is 52.6 Å². The molecule has 1 aromatic heterocycles. The molecule has 4 heteroatoms. The summed E-state index contributed by atoms with van der Waals surface area (Å²) in [6.07, 6.45) is 5.57. The fourth-order valence-corrected chi connectivity index (χ4v) is 2.37. The maximum atomic E-state index is 6.24. The van der Waals surface area contributed by atoms with E-state index in [9.17, 15) is 0 Å². The van der Waals surface area contributed by atoms with Crippen LogP contribution in [-0.4, -0.2) is 16.3 Å². The van der Waals surface area contributed by atoms with E-state index in [-0.39, 0.29) is 0 Å². The van der Waals surface area contributed by atoms with Crippen LogP contribution in [0.3, 0.4) is 0 Å². The van der Waals surface area contributed by atoms with Crippen molar-refractivity contribution >= 4 is 11.6 Å². The third-order valence-corrected chi connectivity index (χ3v) is 3.90. The Kier molecular flexibility index (Phi) is 4.46. The summed E-state index contributed by atoms with van der Waals surface area (Å²) in [5, 5.41) is 8.70. The summed E-state index contributed by atoms with van der Waals surface area (Å²) in [6.45, 7) is 6.86. The molecule has 1 N–H and O–H groups in total. The number of nitrogens with zero attached hydrogens (tertiary/aromatic N) is 2. The molecule has 1 fully saturated rings. The van der Waals surface area contributed by atoms with Gasteiger partial charge in [0, 0.05) is 13.1 Å². The lowest BCUT2D eigenvalue weighted by molar-refractivity contribution is 0.554. The number of nitrogens with one attached hydrogen (secondary N) is 1. The summed E-state index contributed by atoms with van der Waals surface area (Å²) in [4.78, 5) is 0. The van der Waals surface area contributed by atoms with Crippen LogP contribution >= 0.6 is 11.6 Å². The Morgan fingerprint density at radius 2 is 2.24 bits per heavy atom. The Labute approximate surface area is 109 Å². The molecule has 1 saturated carbocycles. The molecule has 0 atom stereocenters. The molecule has 3 nitrogen and oxygen atoms in total. The van der Waals surface area contributed by atoms with Crippen molar-refractivity contribution in [3.05, 3.63) is 16.4 Å². The van der Waals surface area contributed by atoms with E-state index >= 15 is 0 Å². The monoisotopic (exact) mass is 255 g/mol.